The first kappa shape index (κ1) is 26.3. The minimum Gasteiger partial charge on any atom is -0.507 e. The van der Waals surface area contributed by atoms with E-state index in [0.29, 0.717) is 5.56 Å². The third-order valence-electron chi connectivity index (χ3n) is 6.65. The van der Waals surface area contributed by atoms with Gasteiger partial charge in [-0.3, -0.25) is 0 Å². The summed E-state index contributed by atoms with van der Waals surface area (Å²) in [6, 6.07) is 47.3. The summed E-state index contributed by atoms with van der Waals surface area (Å²) in [6.45, 7) is 0. The van der Waals surface area contributed by atoms with Crippen molar-refractivity contribution in [1.29, 1.82) is 0 Å². The quantitative estimate of drug-likeness (QED) is 0.167. The number of aromatic hydroxyl groups is 1. The molecule has 1 N–H and O–H groups in total. The standard InChI is InChI=1S/C19H14N2O.C17H14N2O/c22-19-12-6-1-7-14(19)13-20-21-17-10-4-2-8-15(17)16-9-3-5-11-18(16)21;1-3-8-15(9-4-1)19(16-10-5-2-6-11-16)18-14-17-12-7-13-20-17/h1-13,22H;1-14H. The number of rotatable bonds is 6. The van der Waals surface area contributed by atoms with Crippen molar-refractivity contribution < 1.29 is 9.52 Å². The minimum atomic E-state index is 0.229. The fourth-order valence-corrected chi connectivity index (χ4v) is 4.64. The number of fused-ring (bicyclic) bond motifs is 3. The van der Waals surface area contributed by atoms with Crippen LogP contribution in [0.3, 0.4) is 0 Å². The van der Waals surface area contributed by atoms with Crippen LogP contribution in [-0.4, -0.2) is 22.2 Å². The monoisotopic (exact) mass is 548 g/mol. The molecule has 0 radical (unpaired) electrons. The Morgan fingerprint density at radius 3 is 1.69 bits per heavy atom. The third-order valence-corrected chi connectivity index (χ3v) is 6.65. The van der Waals surface area contributed by atoms with Gasteiger partial charge in [-0.05, 0) is 60.7 Å². The van der Waals surface area contributed by atoms with Gasteiger partial charge in [0.25, 0.3) is 0 Å². The number of para-hydroxylation sites is 5. The Balaban J connectivity index is 0.000000151. The summed E-state index contributed by atoms with van der Waals surface area (Å²) in [5.74, 6) is 0.953. The second-order valence-corrected chi connectivity index (χ2v) is 9.39. The van der Waals surface area contributed by atoms with Crippen LogP contribution in [0.15, 0.2) is 166 Å². The predicted octanol–water partition coefficient (Wildman–Crippen LogP) is 8.83. The van der Waals surface area contributed by atoms with Crippen molar-refractivity contribution >= 4 is 45.6 Å². The van der Waals surface area contributed by atoms with E-state index >= 15 is 0 Å². The summed E-state index contributed by atoms with van der Waals surface area (Å²) < 4.78 is 7.19. The van der Waals surface area contributed by atoms with Crippen LogP contribution in [-0.2, 0) is 0 Å². The molecule has 7 aromatic rings. The molecular formula is C36H28N4O2. The zero-order valence-corrected chi connectivity index (χ0v) is 22.7. The summed E-state index contributed by atoms with van der Waals surface area (Å²) in [6.07, 6.45) is 5.03. The van der Waals surface area contributed by atoms with Crippen LogP contribution in [0.4, 0.5) is 11.4 Å². The summed E-state index contributed by atoms with van der Waals surface area (Å²) in [4.78, 5) is 0. The smallest absolute Gasteiger partial charge is 0.146 e. The molecule has 0 spiro atoms. The number of phenolic OH excluding ortho intramolecular Hbond substituents is 1. The lowest BCUT2D eigenvalue weighted by Crippen LogP contribution is -2.08. The number of hydrazone groups is 1. The molecule has 0 saturated heterocycles. The Kier molecular flexibility index (Phi) is 7.86. The fraction of sp³-hybridized carbons (Fsp3) is 0. The van der Waals surface area contributed by atoms with Crippen LogP contribution in [0.5, 0.6) is 5.75 Å². The van der Waals surface area contributed by atoms with Crippen molar-refractivity contribution in [2.45, 2.75) is 0 Å². The van der Waals surface area contributed by atoms with Crippen molar-refractivity contribution in [2.24, 2.45) is 10.2 Å². The van der Waals surface area contributed by atoms with Crippen molar-refractivity contribution in [2.75, 3.05) is 5.01 Å². The number of furan rings is 1. The Labute approximate surface area is 243 Å². The molecule has 204 valence electrons. The second kappa shape index (κ2) is 12.5. The maximum Gasteiger partial charge on any atom is 0.146 e. The van der Waals surface area contributed by atoms with E-state index in [0.717, 1.165) is 28.2 Å². The maximum absolute atomic E-state index is 9.87. The van der Waals surface area contributed by atoms with Crippen LogP contribution in [0.25, 0.3) is 21.8 Å². The van der Waals surface area contributed by atoms with Gasteiger partial charge in [-0.2, -0.15) is 10.2 Å². The molecule has 5 aromatic carbocycles. The summed E-state index contributed by atoms with van der Waals surface area (Å²) in [7, 11) is 0. The lowest BCUT2D eigenvalue weighted by molar-refractivity contribution is 0.474. The van der Waals surface area contributed by atoms with Gasteiger partial charge in [0, 0.05) is 16.3 Å². The molecule has 7 rings (SSSR count). The lowest BCUT2D eigenvalue weighted by Gasteiger charge is -2.18. The maximum atomic E-state index is 9.87. The zero-order valence-electron chi connectivity index (χ0n) is 22.7. The van der Waals surface area contributed by atoms with E-state index in [1.807, 2.05) is 119 Å². The highest BCUT2D eigenvalue weighted by Gasteiger charge is 2.09. The Hall–Kier alpha value is -5.88. The lowest BCUT2D eigenvalue weighted by atomic mass is 10.2. The minimum absolute atomic E-state index is 0.229. The van der Waals surface area contributed by atoms with Crippen LogP contribution in [0.1, 0.15) is 11.3 Å². The molecule has 42 heavy (non-hydrogen) atoms. The Morgan fingerprint density at radius 1 is 0.571 bits per heavy atom. The molecule has 6 heteroatoms. The number of hydrogen-bond acceptors (Lipinski definition) is 5. The molecule has 0 aliphatic heterocycles. The normalized spacial score (nSPS) is 11.2. The average molecular weight is 549 g/mol. The van der Waals surface area contributed by atoms with Gasteiger partial charge in [0.15, 0.2) is 0 Å². The molecule has 0 unspecified atom stereocenters. The van der Waals surface area contributed by atoms with Gasteiger partial charge in [-0.15, -0.1) is 0 Å². The number of phenols is 1. The Bertz CT molecular complexity index is 1850. The third kappa shape index (κ3) is 5.83. The predicted molar refractivity (Wildman–Crippen MR) is 172 cm³/mol. The van der Waals surface area contributed by atoms with Gasteiger partial charge in [-0.1, -0.05) is 84.9 Å². The van der Waals surface area contributed by atoms with Crippen LogP contribution in [0, 0.1) is 0 Å². The highest BCUT2D eigenvalue weighted by Crippen LogP contribution is 2.29. The van der Waals surface area contributed by atoms with Gasteiger partial charge in [0.05, 0.1) is 41.1 Å². The van der Waals surface area contributed by atoms with E-state index in [9.17, 15) is 5.11 Å². The number of aromatic nitrogens is 1. The average Bonchev–Trinajstić information content (AvgIpc) is 3.69. The first-order chi connectivity index (χ1) is 20.8. The molecule has 0 saturated carbocycles. The van der Waals surface area contributed by atoms with Crippen LogP contribution < -0.4 is 5.01 Å². The van der Waals surface area contributed by atoms with Gasteiger partial charge in [0.1, 0.15) is 11.5 Å². The fourth-order valence-electron chi connectivity index (χ4n) is 4.64. The highest BCUT2D eigenvalue weighted by molar-refractivity contribution is 6.08. The van der Waals surface area contributed by atoms with E-state index in [2.05, 4.69) is 34.5 Å². The van der Waals surface area contributed by atoms with Gasteiger partial charge >= 0.3 is 0 Å². The number of nitrogens with zero attached hydrogens (tertiary/aromatic N) is 4. The van der Waals surface area contributed by atoms with Crippen LogP contribution >= 0.6 is 0 Å². The number of anilines is 2. The molecule has 2 aromatic heterocycles. The van der Waals surface area contributed by atoms with Crippen molar-refractivity contribution in [3.8, 4) is 5.75 Å². The summed E-state index contributed by atoms with van der Waals surface area (Å²) in [5.41, 5.74) is 4.80. The van der Waals surface area contributed by atoms with E-state index in [-0.39, 0.29) is 5.75 Å². The largest absolute Gasteiger partial charge is 0.507 e. The molecule has 0 atom stereocenters. The van der Waals surface area contributed by atoms with E-state index in [1.54, 1.807) is 30.8 Å². The summed E-state index contributed by atoms with van der Waals surface area (Å²) >= 11 is 0. The first-order valence-electron chi connectivity index (χ1n) is 13.6. The first-order valence-corrected chi connectivity index (χ1v) is 13.6. The SMILES string of the molecule is C(=NN(c1ccccc1)c1ccccc1)c1ccco1.Oc1ccccc1C=Nn1c2ccccc2c2ccccc21. The zero-order chi connectivity index (χ0) is 28.6. The molecule has 0 fully saturated rings. The van der Waals surface area contributed by atoms with Crippen LogP contribution in [0.2, 0.25) is 0 Å². The van der Waals surface area contributed by atoms with Crippen molar-refractivity contribution in [3.63, 3.8) is 0 Å². The molecule has 2 heterocycles. The van der Waals surface area contributed by atoms with E-state index in [4.69, 9.17) is 4.42 Å². The molecule has 0 bridgehead atoms. The molecule has 6 nitrogen and oxygen atoms in total. The van der Waals surface area contributed by atoms with E-state index < -0.39 is 0 Å². The van der Waals surface area contributed by atoms with Crippen molar-refractivity contribution in [3.05, 3.63) is 163 Å². The highest BCUT2D eigenvalue weighted by atomic mass is 16.3. The molecule has 0 aliphatic rings. The van der Waals surface area contributed by atoms with Gasteiger partial charge in [0.2, 0.25) is 0 Å². The molecule has 0 amide bonds. The van der Waals surface area contributed by atoms with Gasteiger partial charge < -0.3 is 9.52 Å². The Morgan fingerprint density at radius 2 is 1.12 bits per heavy atom. The van der Waals surface area contributed by atoms with Crippen molar-refractivity contribution in [1.82, 2.24) is 4.68 Å². The topological polar surface area (TPSA) is 66.3 Å². The van der Waals surface area contributed by atoms with E-state index in [1.165, 1.54) is 10.8 Å². The molecular weight excluding hydrogens is 520 g/mol. The second-order valence-electron chi connectivity index (χ2n) is 9.39. The molecule has 0 aliphatic carbocycles. The number of hydrogen-bond donors (Lipinski definition) is 1. The summed E-state index contributed by atoms with van der Waals surface area (Å²) in [5, 5.41) is 23.2. The van der Waals surface area contributed by atoms with Gasteiger partial charge in [-0.25, -0.2) is 9.69 Å². The number of benzene rings is 5.